The van der Waals surface area contributed by atoms with Gasteiger partial charge in [0.1, 0.15) is 11.8 Å². The molecule has 1 saturated heterocycles. The fraction of sp³-hybridized carbons (Fsp3) is 0.222. The summed E-state index contributed by atoms with van der Waals surface area (Å²) in [6.07, 6.45) is 0.473. The summed E-state index contributed by atoms with van der Waals surface area (Å²) >= 11 is 0. The molecule has 2 aromatic carbocycles. The number of nitriles is 1. The summed E-state index contributed by atoms with van der Waals surface area (Å²) in [5, 5.41) is 12.0. The van der Waals surface area contributed by atoms with Gasteiger partial charge < -0.3 is 14.8 Å². The minimum Gasteiger partial charge on any atom is -0.493 e. The smallest absolute Gasteiger partial charge is 0.220 e. The minimum atomic E-state index is 0.0584. The van der Waals surface area contributed by atoms with Gasteiger partial charge in [0, 0.05) is 18.9 Å². The van der Waals surface area contributed by atoms with E-state index in [9.17, 15) is 10.1 Å². The van der Waals surface area contributed by atoms with E-state index in [1.54, 1.807) is 25.3 Å². The molecule has 116 valence electrons. The molecule has 1 atom stereocenters. The second-order valence-electron chi connectivity index (χ2n) is 5.33. The molecule has 0 bridgehead atoms. The first kappa shape index (κ1) is 14.9. The Labute approximate surface area is 134 Å². The lowest BCUT2D eigenvalue weighted by atomic mass is 9.98. The topological polar surface area (TPSA) is 71.3 Å². The Morgan fingerprint density at radius 3 is 2.70 bits per heavy atom. The lowest BCUT2D eigenvalue weighted by Crippen LogP contribution is -2.13. The van der Waals surface area contributed by atoms with E-state index < -0.39 is 0 Å². The van der Waals surface area contributed by atoms with Gasteiger partial charge in [0.05, 0.1) is 12.7 Å². The summed E-state index contributed by atoms with van der Waals surface area (Å²) in [5.41, 5.74) is 1.46. The van der Waals surface area contributed by atoms with Crippen LogP contribution < -0.4 is 14.8 Å². The van der Waals surface area contributed by atoms with E-state index in [2.05, 4.69) is 11.4 Å². The van der Waals surface area contributed by atoms with Gasteiger partial charge in [-0.3, -0.25) is 4.79 Å². The van der Waals surface area contributed by atoms with Crippen LogP contribution in [-0.2, 0) is 4.79 Å². The van der Waals surface area contributed by atoms with Crippen molar-refractivity contribution in [1.29, 1.82) is 5.26 Å². The third-order valence-electron chi connectivity index (χ3n) is 3.86. The quantitative estimate of drug-likeness (QED) is 0.942. The number of nitrogens with one attached hydrogen (secondary N) is 1. The summed E-state index contributed by atoms with van der Waals surface area (Å²) in [7, 11) is 1.57. The highest BCUT2D eigenvalue weighted by Gasteiger charge is 2.24. The Balaban J connectivity index is 1.94. The van der Waals surface area contributed by atoms with Crippen molar-refractivity contribution < 1.29 is 14.3 Å². The van der Waals surface area contributed by atoms with E-state index in [4.69, 9.17) is 9.47 Å². The van der Waals surface area contributed by atoms with Crippen molar-refractivity contribution >= 4 is 5.91 Å². The van der Waals surface area contributed by atoms with Gasteiger partial charge in [0.25, 0.3) is 0 Å². The highest BCUT2D eigenvalue weighted by molar-refractivity contribution is 5.79. The van der Waals surface area contributed by atoms with Gasteiger partial charge >= 0.3 is 0 Å². The number of hydrogen-bond acceptors (Lipinski definition) is 4. The molecule has 0 saturated carbocycles. The zero-order chi connectivity index (χ0) is 16.2. The normalized spacial score (nSPS) is 16.5. The van der Waals surface area contributed by atoms with Crippen LogP contribution in [0.25, 0.3) is 0 Å². The molecule has 0 unspecified atom stereocenters. The van der Waals surface area contributed by atoms with E-state index in [1.165, 1.54) is 0 Å². The molecule has 5 heteroatoms. The van der Waals surface area contributed by atoms with Crippen molar-refractivity contribution in [1.82, 2.24) is 5.32 Å². The van der Waals surface area contributed by atoms with E-state index in [0.29, 0.717) is 35.8 Å². The molecular weight excluding hydrogens is 292 g/mol. The average Bonchev–Trinajstić information content (AvgIpc) is 3.02. The van der Waals surface area contributed by atoms with Crippen LogP contribution in [-0.4, -0.2) is 19.6 Å². The molecule has 3 rings (SSSR count). The number of ether oxygens (including phenoxy) is 2. The largest absolute Gasteiger partial charge is 0.493 e. The highest BCUT2D eigenvalue weighted by atomic mass is 16.5. The van der Waals surface area contributed by atoms with E-state index in [0.717, 1.165) is 5.56 Å². The second kappa shape index (κ2) is 6.41. The zero-order valence-electron chi connectivity index (χ0n) is 12.7. The van der Waals surface area contributed by atoms with Gasteiger partial charge in [-0.15, -0.1) is 0 Å². The van der Waals surface area contributed by atoms with Crippen molar-refractivity contribution in [3.63, 3.8) is 0 Å². The maximum atomic E-state index is 11.4. The first-order chi connectivity index (χ1) is 11.2. The molecule has 0 radical (unpaired) electrons. The van der Waals surface area contributed by atoms with Crippen molar-refractivity contribution in [2.24, 2.45) is 0 Å². The second-order valence-corrected chi connectivity index (χ2v) is 5.33. The third-order valence-corrected chi connectivity index (χ3v) is 3.86. The fourth-order valence-electron chi connectivity index (χ4n) is 2.63. The van der Waals surface area contributed by atoms with Gasteiger partial charge in [0.2, 0.25) is 5.91 Å². The highest BCUT2D eigenvalue weighted by Crippen LogP contribution is 2.36. The average molecular weight is 308 g/mol. The molecule has 1 aliphatic heterocycles. The van der Waals surface area contributed by atoms with Crippen LogP contribution in [0, 0.1) is 11.3 Å². The molecule has 23 heavy (non-hydrogen) atoms. The van der Waals surface area contributed by atoms with Gasteiger partial charge in [0.15, 0.2) is 11.5 Å². The first-order valence-electron chi connectivity index (χ1n) is 7.33. The molecule has 1 heterocycles. The van der Waals surface area contributed by atoms with Crippen LogP contribution in [0.1, 0.15) is 23.5 Å². The van der Waals surface area contributed by atoms with Crippen LogP contribution in [0.4, 0.5) is 0 Å². The molecule has 5 nitrogen and oxygen atoms in total. The van der Waals surface area contributed by atoms with Crippen molar-refractivity contribution in [3.8, 4) is 23.3 Å². The Bertz CT molecular complexity index is 780. The number of rotatable bonds is 4. The number of carbonyl (C=O) groups excluding carboxylic acids is 1. The van der Waals surface area contributed by atoms with Gasteiger partial charge in [-0.1, -0.05) is 18.2 Å². The fourth-order valence-corrected chi connectivity index (χ4v) is 2.63. The summed E-state index contributed by atoms with van der Waals surface area (Å²) in [5.74, 6) is 1.78. The molecule has 0 aliphatic carbocycles. The standard InChI is InChI=1S/C18H16N2O3/c1-22-16-7-6-12(14-9-18(21)20-11-14)8-17(16)23-15-5-3-2-4-13(15)10-19/h2-8,14H,9,11H2,1H3,(H,20,21)/t14-/m0/s1. The number of methoxy groups -OCH3 is 1. The van der Waals surface area contributed by atoms with Crippen molar-refractivity contribution in [2.45, 2.75) is 12.3 Å². The van der Waals surface area contributed by atoms with Crippen LogP contribution in [0.5, 0.6) is 17.2 Å². The molecule has 1 N–H and O–H groups in total. The van der Waals surface area contributed by atoms with Crippen molar-refractivity contribution in [2.75, 3.05) is 13.7 Å². The number of hydrogen-bond donors (Lipinski definition) is 1. The maximum absolute atomic E-state index is 11.4. The van der Waals surface area contributed by atoms with Gasteiger partial charge in [-0.2, -0.15) is 5.26 Å². The Morgan fingerprint density at radius 2 is 2.00 bits per heavy atom. The first-order valence-corrected chi connectivity index (χ1v) is 7.33. The summed E-state index contributed by atoms with van der Waals surface area (Å²) in [6, 6.07) is 14.8. The van der Waals surface area contributed by atoms with E-state index >= 15 is 0 Å². The van der Waals surface area contributed by atoms with Gasteiger partial charge in [-0.05, 0) is 29.8 Å². The number of para-hydroxylation sites is 1. The zero-order valence-corrected chi connectivity index (χ0v) is 12.7. The molecular formula is C18H16N2O3. The molecule has 1 fully saturated rings. The van der Waals surface area contributed by atoms with Crippen LogP contribution in [0.3, 0.4) is 0 Å². The molecule has 1 aliphatic rings. The molecule has 2 aromatic rings. The van der Waals surface area contributed by atoms with Crippen LogP contribution in [0.15, 0.2) is 42.5 Å². The maximum Gasteiger partial charge on any atom is 0.220 e. The predicted octanol–water partition coefficient (Wildman–Crippen LogP) is 2.96. The monoisotopic (exact) mass is 308 g/mol. The van der Waals surface area contributed by atoms with Crippen LogP contribution >= 0.6 is 0 Å². The summed E-state index contributed by atoms with van der Waals surface area (Å²) in [4.78, 5) is 11.4. The molecule has 0 aromatic heterocycles. The molecule has 0 spiro atoms. The number of nitrogens with zero attached hydrogens (tertiary/aromatic N) is 1. The lowest BCUT2D eigenvalue weighted by Gasteiger charge is -2.15. The van der Waals surface area contributed by atoms with Crippen LogP contribution in [0.2, 0.25) is 0 Å². The predicted molar refractivity (Wildman–Crippen MR) is 84.6 cm³/mol. The van der Waals surface area contributed by atoms with Gasteiger partial charge in [-0.25, -0.2) is 0 Å². The Kier molecular flexibility index (Phi) is 4.15. The number of amides is 1. The summed E-state index contributed by atoms with van der Waals surface area (Å²) < 4.78 is 11.2. The molecule has 1 amide bonds. The Morgan fingerprint density at radius 1 is 1.17 bits per heavy atom. The third kappa shape index (κ3) is 3.11. The SMILES string of the molecule is COc1ccc([C@@H]2CNC(=O)C2)cc1Oc1ccccc1C#N. The minimum absolute atomic E-state index is 0.0584. The summed E-state index contributed by atoms with van der Waals surface area (Å²) in [6.45, 7) is 0.624. The van der Waals surface area contributed by atoms with Crippen molar-refractivity contribution in [3.05, 3.63) is 53.6 Å². The van der Waals surface area contributed by atoms with E-state index in [-0.39, 0.29) is 11.8 Å². The Hall–Kier alpha value is -3.00. The number of carbonyl (C=O) groups is 1. The lowest BCUT2D eigenvalue weighted by molar-refractivity contribution is -0.119. The van der Waals surface area contributed by atoms with E-state index in [1.807, 2.05) is 24.3 Å². The number of benzene rings is 2.